The standard InChI is InChI=1S/C23H33BrClN3O/c24-22-7-6-19(25)15-18(22)14-17-8-11-27(12-9-17)13-10-20-16-28(23(29)26-20)21-4-2-1-3-5-21/h6-7,15,17,20-21H,1-5,8-14,16H2,(H,26,29). The lowest BCUT2D eigenvalue weighted by Crippen LogP contribution is -2.39. The fourth-order valence-electron chi connectivity index (χ4n) is 5.26. The van der Waals surface area contributed by atoms with Crippen molar-refractivity contribution in [2.24, 2.45) is 5.92 Å². The molecule has 0 spiro atoms. The Kier molecular flexibility index (Phi) is 7.41. The molecule has 1 unspecified atom stereocenters. The fraction of sp³-hybridized carbons (Fsp3) is 0.696. The van der Waals surface area contributed by atoms with E-state index in [1.807, 2.05) is 6.07 Å². The number of benzene rings is 1. The first-order chi connectivity index (χ1) is 14.1. The second kappa shape index (κ2) is 10.0. The highest BCUT2D eigenvalue weighted by Gasteiger charge is 2.34. The predicted molar refractivity (Wildman–Crippen MR) is 123 cm³/mol. The highest BCUT2D eigenvalue weighted by Crippen LogP contribution is 2.29. The van der Waals surface area contributed by atoms with Gasteiger partial charge in [0.1, 0.15) is 0 Å². The summed E-state index contributed by atoms with van der Waals surface area (Å²) in [7, 11) is 0. The van der Waals surface area contributed by atoms with Gasteiger partial charge >= 0.3 is 6.03 Å². The van der Waals surface area contributed by atoms with Gasteiger partial charge in [-0.15, -0.1) is 0 Å². The number of carbonyl (C=O) groups is 1. The summed E-state index contributed by atoms with van der Waals surface area (Å²) in [6.45, 7) is 4.32. The van der Waals surface area contributed by atoms with E-state index in [1.54, 1.807) is 0 Å². The summed E-state index contributed by atoms with van der Waals surface area (Å²) in [5.74, 6) is 0.731. The van der Waals surface area contributed by atoms with E-state index in [9.17, 15) is 4.79 Å². The third-order valence-corrected chi connectivity index (χ3v) is 8.05. The smallest absolute Gasteiger partial charge is 0.317 e. The summed E-state index contributed by atoms with van der Waals surface area (Å²) in [6.07, 6.45) is 10.9. The van der Waals surface area contributed by atoms with Gasteiger partial charge in [0, 0.05) is 34.7 Å². The Morgan fingerprint density at radius 3 is 2.62 bits per heavy atom. The minimum absolute atomic E-state index is 0.174. The van der Waals surface area contributed by atoms with E-state index in [4.69, 9.17) is 11.6 Å². The molecule has 1 N–H and O–H groups in total. The van der Waals surface area contributed by atoms with Crippen LogP contribution in [0.1, 0.15) is 56.9 Å². The van der Waals surface area contributed by atoms with Crippen molar-refractivity contribution in [2.45, 2.75) is 69.9 Å². The van der Waals surface area contributed by atoms with Crippen LogP contribution in [0.25, 0.3) is 0 Å². The highest BCUT2D eigenvalue weighted by molar-refractivity contribution is 9.10. The Morgan fingerprint density at radius 1 is 1.10 bits per heavy atom. The average molecular weight is 483 g/mol. The van der Waals surface area contributed by atoms with Crippen molar-refractivity contribution in [3.8, 4) is 0 Å². The van der Waals surface area contributed by atoms with Crippen molar-refractivity contribution < 1.29 is 4.79 Å². The highest BCUT2D eigenvalue weighted by atomic mass is 79.9. The van der Waals surface area contributed by atoms with E-state index in [2.05, 4.69) is 43.2 Å². The molecule has 3 fully saturated rings. The maximum Gasteiger partial charge on any atom is 0.317 e. The van der Waals surface area contributed by atoms with Crippen molar-refractivity contribution in [1.82, 2.24) is 15.1 Å². The van der Waals surface area contributed by atoms with Crippen LogP contribution in [0.3, 0.4) is 0 Å². The molecule has 4 rings (SSSR count). The van der Waals surface area contributed by atoms with E-state index in [-0.39, 0.29) is 6.03 Å². The number of likely N-dealkylation sites (tertiary alicyclic amines) is 1. The van der Waals surface area contributed by atoms with Crippen LogP contribution in [0.5, 0.6) is 0 Å². The quantitative estimate of drug-likeness (QED) is 0.583. The molecular formula is C23H33BrClN3O. The van der Waals surface area contributed by atoms with E-state index in [0.29, 0.717) is 12.1 Å². The maximum absolute atomic E-state index is 12.4. The Balaban J connectivity index is 1.18. The van der Waals surface area contributed by atoms with Crippen molar-refractivity contribution >= 4 is 33.6 Å². The lowest BCUT2D eigenvalue weighted by molar-refractivity contribution is 0.171. The van der Waals surface area contributed by atoms with Gasteiger partial charge in [0.25, 0.3) is 0 Å². The topological polar surface area (TPSA) is 35.6 Å². The molecule has 29 heavy (non-hydrogen) atoms. The second-order valence-electron chi connectivity index (χ2n) is 9.10. The molecule has 1 aromatic carbocycles. The zero-order valence-corrected chi connectivity index (χ0v) is 19.6. The SMILES string of the molecule is O=C1NC(CCN2CCC(Cc3cc(Cl)ccc3Br)CC2)CN1C1CCCCC1. The molecule has 1 saturated carbocycles. The predicted octanol–water partition coefficient (Wildman–Crippen LogP) is 5.47. The minimum Gasteiger partial charge on any atom is -0.333 e. The van der Waals surface area contributed by atoms with Crippen molar-refractivity contribution in [1.29, 1.82) is 0 Å². The fourth-order valence-corrected chi connectivity index (χ4v) is 5.86. The van der Waals surface area contributed by atoms with Gasteiger partial charge in [-0.1, -0.05) is 46.8 Å². The van der Waals surface area contributed by atoms with E-state index in [0.717, 1.165) is 50.0 Å². The van der Waals surface area contributed by atoms with Crippen LogP contribution in [0.4, 0.5) is 4.79 Å². The Labute approximate surface area is 188 Å². The first-order valence-electron chi connectivity index (χ1n) is 11.3. The van der Waals surface area contributed by atoms with E-state index in [1.165, 1.54) is 55.0 Å². The van der Waals surface area contributed by atoms with Gasteiger partial charge in [0.15, 0.2) is 0 Å². The van der Waals surface area contributed by atoms with Crippen LogP contribution < -0.4 is 5.32 Å². The molecule has 2 saturated heterocycles. The molecule has 1 atom stereocenters. The molecule has 0 bridgehead atoms. The largest absolute Gasteiger partial charge is 0.333 e. The summed E-state index contributed by atoms with van der Waals surface area (Å²) >= 11 is 9.83. The molecule has 0 aromatic heterocycles. The summed E-state index contributed by atoms with van der Waals surface area (Å²) in [4.78, 5) is 17.1. The van der Waals surface area contributed by atoms with E-state index < -0.39 is 0 Å². The third kappa shape index (κ3) is 5.68. The van der Waals surface area contributed by atoms with Crippen LogP contribution in [-0.4, -0.2) is 54.1 Å². The molecule has 2 amide bonds. The third-order valence-electron chi connectivity index (χ3n) is 7.04. The van der Waals surface area contributed by atoms with Crippen LogP contribution in [0.15, 0.2) is 22.7 Å². The van der Waals surface area contributed by atoms with Gasteiger partial charge in [-0.2, -0.15) is 0 Å². The number of rotatable bonds is 6. The van der Waals surface area contributed by atoms with Crippen molar-refractivity contribution in [2.75, 3.05) is 26.2 Å². The Hall–Kier alpha value is -0.780. The lowest BCUT2D eigenvalue weighted by atomic mass is 9.90. The number of nitrogens with one attached hydrogen (secondary N) is 1. The van der Waals surface area contributed by atoms with E-state index >= 15 is 0 Å². The van der Waals surface area contributed by atoms with Crippen LogP contribution in [-0.2, 0) is 6.42 Å². The van der Waals surface area contributed by atoms with Gasteiger partial charge in [-0.05, 0) is 81.3 Å². The van der Waals surface area contributed by atoms with Gasteiger partial charge in [0.2, 0.25) is 0 Å². The lowest BCUT2D eigenvalue weighted by Gasteiger charge is -2.33. The normalized spacial score (nSPS) is 24.8. The Morgan fingerprint density at radius 2 is 1.86 bits per heavy atom. The van der Waals surface area contributed by atoms with Crippen LogP contribution >= 0.6 is 27.5 Å². The molecule has 1 aromatic rings. The Bertz CT molecular complexity index is 701. The van der Waals surface area contributed by atoms with Gasteiger partial charge in [0.05, 0.1) is 0 Å². The molecule has 0 radical (unpaired) electrons. The zero-order chi connectivity index (χ0) is 20.2. The van der Waals surface area contributed by atoms with Gasteiger partial charge in [-0.3, -0.25) is 0 Å². The minimum atomic E-state index is 0.174. The summed E-state index contributed by atoms with van der Waals surface area (Å²) < 4.78 is 1.17. The van der Waals surface area contributed by atoms with Gasteiger partial charge < -0.3 is 15.1 Å². The number of hydrogen-bond donors (Lipinski definition) is 1. The molecule has 6 heteroatoms. The number of halogens is 2. The molecule has 4 nitrogen and oxygen atoms in total. The summed E-state index contributed by atoms with van der Waals surface area (Å²) in [6, 6.07) is 7.07. The van der Waals surface area contributed by atoms with Crippen molar-refractivity contribution in [3.63, 3.8) is 0 Å². The number of urea groups is 1. The monoisotopic (exact) mass is 481 g/mol. The van der Waals surface area contributed by atoms with Gasteiger partial charge in [-0.25, -0.2) is 4.79 Å². The molecule has 2 aliphatic heterocycles. The average Bonchev–Trinajstić information content (AvgIpc) is 3.11. The number of nitrogens with zero attached hydrogens (tertiary/aromatic N) is 2. The zero-order valence-electron chi connectivity index (χ0n) is 17.2. The van der Waals surface area contributed by atoms with Crippen molar-refractivity contribution in [3.05, 3.63) is 33.3 Å². The molecular weight excluding hydrogens is 450 g/mol. The maximum atomic E-state index is 12.4. The van der Waals surface area contributed by atoms with Crippen LogP contribution in [0.2, 0.25) is 5.02 Å². The first kappa shape index (κ1) is 21.5. The molecule has 160 valence electrons. The number of piperidine rings is 1. The first-order valence-corrected chi connectivity index (χ1v) is 12.5. The van der Waals surface area contributed by atoms with Crippen LogP contribution in [0, 0.1) is 5.92 Å². The number of hydrogen-bond acceptors (Lipinski definition) is 2. The second-order valence-corrected chi connectivity index (χ2v) is 10.4. The summed E-state index contributed by atoms with van der Waals surface area (Å²) in [5, 5.41) is 4.06. The molecule has 1 aliphatic carbocycles. The summed E-state index contributed by atoms with van der Waals surface area (Å²) in [5.41, 5.74) is 1.33. The molecule has 3 aliphatic rings. The number of amides is 2. The molecule has 2 heterocycles. The number of carbonyl (C=O) groups excluding carboxylic acids is 1.